The number of hydrogen-bond donors (Lipinski definition) is 1. The van der Waals surface area contributed by atoms with Gasteiger partial charge in [0.05, 0.1) is 17.8 Å². The molecule has 1 atom stereocenters. The molecule has 8 heteroatoms. The number of fused-ring (bicyclic) bond motifs is 2. The van der Waals surface area contributed by atoms with Crippen LogP contribution in [0.1, 0.15) is 38.1 Å². The Morgan fingerprint density at radius 3 is 2.75 bits per heavy atom. The number of ether oxygens (including phenoxy) is 1. The van der Waals surface area contributed by atoms with Gasteiger partial charge in [-0.05, 0) is 48.0 Å². The van der Waals surface area contributed by atoms with E-state index in [4.69, 9.17) is 11.6 Å². The molecule has 32 heavy (non-hydrogen) atoms. The topological polar surface area (TPSA) is 78.1 Å². The number of benzene rings is 2. The molecule has 5 rings (SSSR count). The van der Waals surface area contributed by atoms with Gasteiger partial charge in [0.2, 0.25) is 0 Å². The molecule has 1 N–H and O–H groups in total. The predicted molar refractivity (Wildman–Crippen MR) is 121 cm³/mol. The van der Waals surface area contributed by atoms with Crippen molar-refractivity contribution in [2.24, 2.45) is 0 Å². The van der Waals surface area contributed by atoms with Gasteiger partial charge >= 0.3 is 5.97 Å². The van der Waals surface area contributed by atoms with Gasteiger partial charge in [-0.3, -0.25) is 4.79 Å². The Hall–Kier alpha value is -3.84. The fourth-order valence-electron chi connectivity index (χ4n) is 3.93. The fraction of sp³-hybridized carbons (Fsp3) is 0.125. The van der Waals surface area contributed by atoms with Gasteiger partial charge in [-0.2, -0.15) is 5.10 Å². The average molecular weight is 447 g/mol. The van der Waals surface area contributed by atoms with Crippen LogP contribution in [0.15, 0.2) is 73.1 Å². The third kappa shape index (κ3) is 3.46. The van der Waals surface area contributed by atoms with Crippen LogP contribution >= 0.6 is 11.6 Å². The molecule has 1 aliphatic heterocycles. The zero-order valence-corrected chi connectivity index (χ0v) is 17.9. The minimum atomic E-state index is -0.576. The first-order chi connectivity index (χ1) is 15.5. The Labute approximate surface area is 189 Å². The van der Waals surface area contributed by atoms with Crippen LogP contribution in [0.4, 0.5) is 5.69 Å². The number of hydrogen-bond acceptors (Lipinski definition) is 5. The largest absolute Gasteiger partial charge is 0.464 e. The molecule has 0 fully saturated rings. The Kier molecular flexibility index (Phi) is 5.03. The Bertz CT molecular complexity index is 1340. The van der Waals surface area contributed by atoms with Crippen LogP contribution in [0.25, 0.3) is 5.69 Å². The second-order valence-electron chi connectivity index (χ2n) is 7.46. The molecule has 0 saturated carbocycles. The van der Waals surface area contributed by atoms with Crippen LogP contribution in [0.2, 0.25) is 5.02 Å². The quantitative estimate of drug-likeness (QED) is 0.368. The molecule has 7 nitrogen and oxygen atoms in total. The Balaban J connectivity index is 1.48. The molecular formula is C24H19ClN4O3. The summed E-state index contributed by atoms with van der Waals surface area (Å²) in [6.45, 7) is 0.684. The summed E-state index contributed by atoms with van der Waals surface area (Å²) in [7, 11) is 1.30. The number of nitrogens with one attached hydrogen (secondary N) is 1. The first-order valence-electron chi connectivity index (χ1n) is 10.0. The number of carbonyl (C=O) groups excluding carboxylic acids is 2. The van der Waals surface area contributed by atoms with E-state index in [2.05, 4.69) is 19.7 Å². The number of carbonyl (C=O) groups is 2. The van der Waals surface area contributed by atoms with E-state index in [9.17, 15) is 9.59 Å². The zero-order chi connectivity index (χ0) is 22.2. The lowest BCUT2D eigenvalue weighted by Gasteiger charge is -2.19. The summed E-state index contributed by atoms with van der Waals surface area (Å²) in [4.78, 5) is 25.2. The highest BCUT2D eigenvalue weighted by molar-refractivity contribution is 6.34. The van der Waals surface area contributed by atoms with Gasteiger partial charge in [-0.25, -0.2) is 9.48 Å². The number of ketones is 1. The van der Waals surface area contributed by atoms with Gasteiger partial charge in [0.15, 0.2) is 11.5 Å². The van der Waals surface area contributed by atoms with Crippen LogP contribution in [-0.4, -0.2) is 33.2 Å². The summed E-state index contributed by atoms with van der Waals surface area (Å²) >= 11 is 6.54. The van der Waals surface area contributed by atoms with E-state index < -0.39 is 12.0 Å². The van der Waals surface area contributed by atoms with Gasteiger partial charge in [-0.1, -0.05) is 29.8 Å². The molecule has 0 saturated heterocycles. The molecule has 1 aliphatic rings. The Morgan fingerprint density at radius 2 is 1.94 bits per heavy atom. The maximum atomic E-state index is 13.6. The molecule has 1 unspecified atom stereocenters. The SMILES string of the molecule is COC(=O)c1ccn(-c2ccc(C(=O)C3Nc4ccccc4Cn4cccc43)c(Cl)c2)n1. The highest BCUT2D eigenvalue weighted by atomic mass is 35.5. The fourth-order valence-corrected chi connectivity index (χ4v) is 4.20. The van der Waals surface area contributed by atoms with Crippen LogP contribution < -0.4 is 5.32 Å². The molecule has 0 radical (unpaired) electrons. The minimum absolute atomic E-state index is 0.131. The van der Waals surface area contributed by atoms with Crippen molar-refractivity contribution >= 4 is 29.0 Å². The van der Waals surface area contributed by atoms with E-state index >= 15 is 0 Å². The molecule has 0 bridgehead atoms. The molecule has 4 aromatic rings. The number of halogens is 1. The average Bonchev–Trinajstić information content (AvgIpc) is 3.45. The normalized spacial score (nSPS) is 14.6. The van der Waals surface area contributed by atoms with E-state index in [0.29, 0.717) is 22.8 Å². The molecule has 0 aliphatic carbocycles. The monoisotopic (exact) mass is 446 g/mol. The summed E-state index contributed by atoms with van der Waals surface area (Å²) in [5.41, 5.74) is 4.13. The van der Waals surface area contributed by atoms with Crippen molar-refractivity contribution in [3.8, 4) is 5.69 Å². The van der Waals surface area contributed by atoms with Crippen LogP contribution in [-0.2, 0) is 11.3 Å². The van der Waals surface area contributed by atoms with Crippen LogP contribution in [0.3, 0.4) is 0 Å². The van der Waals surface area contributed by atoms with Crippen LogP contribution in [0, 0.1) is 0 Å². The van der Waals surface area contributed by atoms with Crippen molar-refractivity contribution in [1.29, 1.82) is 0 Å². The number of nitrogens with zero attached hydrogens (tertiary/aromatic N) is 3. The van der Waals surface area contributed by atoms with E-state index in [-0.39, 0.29) is 11.5 Å². The van der Waals surface area contributed by atoms with Gasteiger partial charge in [0.25, 0.3) is 0 Å². The van der Waals surface area contributed by atoms with Crippen molar-refractivity contribution in [2.75, 3.05) is 12.4 Å². The van der Waals surface area contributed by atoms with Gasteiger partial charge < -0.3 is 14.6 Å². The van der Waals surface area contributed by atoms with E-state index in [1.807, 2.05) is 42.6 Å². The number of esters is 1. The highest BCUT2D eigenvalue weighted by Gasteiger charge is 2.29. The molecule has 2 aromatic carbocycles. The standard InChI is InChI=1S/C24H19ClN4O3/c1-32-24(31)20-10-12-29(27-20)16-8-9-17(18(25)13-16)23(30)22-21-7-4-11-28(21)14-15-5-2-3-6-19(15)26-22/h2-13,22,26H,14H2,1H3. The van der Waals surface area contributed by atoms with Crippen molar-refractivity contribution in [3.05, 3.63) is 101 Å². The molecule has 0 amide bonds. The summed E-state index contributed by atoms with van der Waals surface area (Å²) < 4.78 is 8.27. The van der Waals surface area contributed by atoms with Crippen molar-refractivity contribution < 1.29 is 14.3 Å². The minimum Gasteiger partial charge on any atom is -0.464 e. The number of methoxy groups -OCH3 is 1. The van der Waals surface area contributed by atoms with Gasteiger partial charge in [-0.15, -0.1) is 0 Å². The molecule has 3 heterocycles. The maximum absolute atomic E-state index is 13.6. The number of rotatable bonds is 4. The third-order valence-electron chi connectivity index (χ3n) is 5.55. The lowest BCUT2D eigenvalue weighted by molar-refractivity contribution is 0.0593. The smallest absolute Gasteiger partial charge is 0.358 e. The summed E-state index contributed by atoms with van der Waals surface area (Å²) in [6.07, 6.45) is 3.61. The maximum Gasteiger partial charge on any atom is 0.358 e. The number of para-hydroxylation sites is 1. The Morgan fingerprint density at radius 1 is 1.09 bits per heavy atom. The highest BCUT2D eigenvalue weighted by Crippen LogP contribution is 2.33. The van der Waals surface area contributed by atoms with E-state index in [1.54, 1.807) is 30.5 Å². The zero-order valence-electron chi connectivity index (χ0n) is 17.2. The molecule has 0 spiro atoms. The number of anilines is 1. The third-order valence-corrected chi connectivity index (χ3v) is 5.86. The number of Topliss-reactive ketones (excluding diaryl/α,β-unsaturated/α-hetero) is 1. The molecule has 2 aromatic heterocycles. The van der Waals surface area contributed by atoms with Crippen LogP contribution in [0.5, 0.6) is 0 Å². The lowest BCUT2D eigenvalue weighted by atomic mass is 10.0. The lowest BCUT2D eigenvalue weighted by Crippen LogP contribution is -2.22. The van der Waals surface area contributed by atoms with E-state index in [1.165, 1.54) is 11.8 Å². The molecular weight excluding hydrogens is 428 g/mol. The summed E-state index contributed by atoms with van der Waals surface area (Å²) in [5, 5.41) is 7.90. The molecule has 160 valence electrons. The second kappa shape index (κ2) is 8.01. The number of aromatic nitrogens is 3. The van der Waals surface area contributed by atoms with E-state index in [0.717, 1.165) is 16.9 Å². The van der Waals surface area contributed by atoms with Crippen molar-refractivity contribution in [2.45, 2.75) is 12.6 Å². The second-order valence-corrected chi connectivity index (χ2v) is 7.87. The predicted octanol–water partition coefficient (Wildman–Crippen LogP) is 4.51. The summed E-state index contributed by atoms with van der Waals surface area (Å²) in [6, 6.07) is 17.9. The van der Waals surface area contributed by atoms with Crippen molar-refractivity contribution in [3.63, 3.8) is 0 Å². The van der Waals surface area contributed by atoms with Gasteiger partial charge in [0, 0.05) is 35.9 Å². The first-order valence-corrected chi connectivity index (χ1v) is 10.4. The van der Waals surface area contributed by atoms with Crippen molar-refractivity contribution in [1.82, 2.24) is 14.3 Å². The summed E-state index contributed by atoms with van der Waals surface area (Å²) in [5.74, 6) is -0.654. The van der Waals surface area contributed by atoms with Gasteiger partial charge in [0.1, 0.15) is 6.04 Å². The first kappa shape index (κ1) is 20.1.